The number of nitrogens with two attached hydrogens (primary N) is 1. The summed E-state index contributed by atoms with van der Waals surface area (Å²) in [4.78, 5) is 17.4. The number of nitrogens with one attached hydrogen (secondary N) is 1. The lowest BCUT2D eigenvalue weighted by Crippen LogP contribution is -2.14. The molecule has 0 saturated carbocycles. The Labute approximate surface area is 83.7 Å². The first-order valence-electron chi connectivity index (χ1n) is 4.15. The number of ether oxygens (including phenoxy) is 1. The topological polar surface area (TPSA) is 81.0 Å². The molecular weight excluding hydrogens is 201 g/mol. The molecule has 5 nitrogen and oxygen atoms in total. The summed E-state index contributed by atoms with van der Waals surface area (Å²) < 4.78 is 18.0. The molecule has 1 aromatic heterocycles. The Morgan fingerprint density at radius 3 is 2.93 bits per heavy atom. The van der Waals surface area contributed by atoms with Gasteiger partial charge in [0.05, 0.1) is 12.6 Å². The second-order valence-electron chi connectivity index (χ2n) is 2.96. The minimum atomic E-state index is -0.546. The van der Waals surface area contributed by atoms with E-state index in [1.54, 1.807) is 0 Å². The van der Waals surface area contributed by atoms with Gasteiger partial charge in [0.1, 0.15) is 17.1 Å². The molecule has 0 fully saturated rings. The molecule has 78 valence electrons. The van der Waals surface area contributed by atoms with Crippen molar-refractivity contribution in [2.45, 2.75) is 0 Å². The lowest BCUT2D eigenvalue weighted by Gasteiger charge is -2.04. The van der Waals surface area contributed by atoms with Crippen molar-refractivity contribution in [1.82, 2.24) is 9.97 Å². The van der Waals surface area contributed by atoms with E-state index in [4.69, 9.17) is 10.5 Å². The van der Waals surface area contributed by atoms with Gasteiger partial charge in [-0.2, -0.15) is 0 Å². The second-order valence-corrected chi connectivity index (χ2v) is 2.96. The summed E-state index contributed by atoms with van der Waals surface area (Å²) in [5, 5.41) is 0. The molecule has 6 heteroatoms. The van der Waals surface area contributed by atoms with Crippen LogP contribution in [0.25, 0.3) is 11.0 Å². The highest BCUT2D eigenvalue weighted by molar-refractivity contribution is 5.81. The number of hydrogen-bond acceptors (Lipinski definition) is 4. The van der Waals surface area contributed by atoms with E-state index in [0.29, 0.717) is 5.52 Å². The van der Waals surface area contributed by atoms with Crippen LogP contribution in [0.15, 0.2) is 16.9 Å². The van der Waals surface area contributed by atoms with Crippen LogP contribution < -0.4 is 16.0 Å². The molecule has 0 aliphatic carbocycles. The van der Waals surface area contributed by atoms with Crippen LogP contribution in [0.5, 0.6) is 5.75 Å². The number of halogens is 1. The quantitative estimate of drug-likeness (QED) is 0.722. The van der Waals surface area contributed by atoms with E-state index in [1.807, 2.05) is 0 Å². The molecule has 1 aromatic carbocycles. The Balaban J connectivity index is 2.90. The highest BCUT2D eigenvalue weighted by atomic mass is 19.1. The van der Waals surface area contributed by atoms with Crippen molar-refractivity contribution in [3.8, 4) is 5.75 Å². The number of nitrogen functional groups attached to an aromatic ring is 1. The molecule has 0 aliphatic rings. The van der Waals surface area contributed by atoms with Gasteiger partial charge in [-0.3, -0.25) is 4.79 Å². The van der Waals surface area contributed by atoms with Gasteiger partial charge in [-0.1, -0.05) is 0 Å². The SMILES string of the molecule is COc1cc(F)cc2[nH]c(=O)c(N)nc12. The van der Waals surface area contributed by atoms with Gasteiger partial charge in [-0.15, -0.1) is 0 Å². The third-order valence-corrected chi connectivity index (χ3v) is 1.97. The fourth-order valence-electron chi connectivity index (χ4n) is 1.30. The molecule has 1 heterocycles. The molecule has 0 aliphatic heterocycles. The normalized spacial score (nSPS) is 10.5. The Kier molecular flexibility index (Phi) is 2.03. The summed E-state index contributed by atoms with van der Waals surface area (Å²) in [5.74, 6) is -0.457. The molecule has 0 unspecified atom stereocenters. The van der Waals surface area contributed by atoms with Gasteiger partial charge in [0.15, 0.2) is 5.82 Å². The van der Waals surface area contributed by atoms with Crippen molar-refractivity contribution < 1.29 is 9.13 Å². The summed E-state index contributed by atoms with van der Waals surface area (Å²) in [6, 6.07) is 2.33. The third-order valence-electron chi connectivity index (χ3n) is 1.97. The average molecular weight is 209 g/mol. The minimum Gasteiger partial charge on any atom is -0.494 e. The van der Waals surface area contributed by atoms with Crippen LogP contribution in [0.1, 0.15) is 0 Å². The number of benzene rings is 1. The van der Waals surface area contributed by atoms with Crippen LogP contribution in [0.3, 0.4) is 0 Å². The van der Waals surface area contributed by atoms with Gasteiger partial charge >= 0.3 is 0 Å². The predicted octanol–water partition coefficient (Wildman–Crippen LogP) is 0.653. The van der Waals surface area contributed by atoms with Gasteiger partial charge in [-0.05, 0) is 6.07 Å². The standard InChI is InChI=1S/C9H8FN3O2/c1-15-6-3-4(10)2-5-7(6)13-8(11)9(14)12-5/h2-3H,1H3,(H2,11,13)(H,12,14). The van der Waals surface area contributed by atoms with E-state index < -0.39 is 11.4 Å². The van der Waals surface area contributed by atoms with Crippen molar-refractivity contribution >= 4 is 16.9 Å². The van der Waals surface area contributed by atoms with Gasteiger partial charge in [-0.25, -0.2) is 9.37 Å². The maximum atomic E-state index is 13.1. The number of H-pyrrole nitrogens is 1. The van der Waals surface area contributed by atoms with Crippen LogP contribution in [-0.4, -0.2) is 17.1 Å². The van der Waals surface area contributed by atoms with Crippen molar-refractivity contribution in [3.63, 3.8) is 0 Å². The molecule has 2 rings (SSSR count). The molecule has 0 amide bonds. The van der Waals surface area contributed by atoms with E-state index in [9.17, 15) is 9.18 Å². The summed E-state index contributed by atoms with van der Waals surface area (Å²) in [5.41, 5.74) is 5.38. The molecule has 3 N–H and O–H groups in total. The Hall–Kier alpha value is -2.11. The third kappa shape index (κ3) is 1.50. The van der Waals surface area contributed by atoms with Crippen LogP contribution in [0.4, 0.5) is 10.2 Å². The van der Waals surface area contributed by atoms with E-state index in [1.165, 1.54) is 13.2 Å². The number of methoxy groups -OCH3 is 1. The van der Waals surface area contributed by atoms with E-state index in [0.717, 1.165) is 6.07 Å². The van der Waals surface area contributed by atoms with Crippen LogP contribution in [0, 0.1) is 5.82 Å². The van der Waals surface area contributed by atoms with Crippen molar-refractivity contribution in [2.24, 2.45) is 0 Å². The lowest BCUT2D eigenvalue weighted by atomic mass is 10.2. The van der Waals surface area contributed by atoms with Crippen molar-refractivity contribution in [1.29, 1.82) is 0 Å². The first-order valence-corrected chi connectivity index (χ1v) is 4.15. The fourth-order valence-corrected chi connectivity index (χ4v) is 1.30. The van der Waals surface area contributed by atoms with Crippen molar-refractivity contribution in [3.05, 3.63) is 28.3 Å². The second kappa shape index (κ2) is 3.23. The van der Waals surface area contributed by atoms with Crippen LogP contribution in [-0.2, 0) is 0 Å². The number of anilines is 1. The fraction of sp³-hybridized carbons (Fsp3) is 0.111. The first-order chi connectivity index (χ1) is 7.11. The largest absolute Gasteiger partial charge is 0.494 e. The van der Waals surface area contributed by atoms with E-state index in [2.05, 4.69) is 9.97 Å². The molecule has 0 saturated heterocycles. The maximum Gasteiger partial charge on any atom is 0.290 e. The van der Waals surface area contributed by atoms with E-state index >= 15 is 0 Å². The number of fused-ring (bicyclic) bond motifs is 1. The van der Waals surface area contributed by atoms with E-state index in [-0.39, 0.29) is 17.1 Å². The molecule has 0 spiro atoms. The Morgan fingerprint density at radius 1 is 1.53 bits per heavy atom. The number of hydrogen-bond donors (Lipinski definition) is 2. The molecular formula is C9H8FN3O2. The lowest BCUT2D eigenvalue weighted by molar-refractivity contribution is 0.415. The molecule has 0 bridgehead atoms. The zero-order chi connectivity index (χ0) is 11.0. The predicted molar refractivity (Wildman–Crippen MR) is 53.3 cm³/mol. The van der Waals surface area contributed by atoms with Crippen LogP contribution >= 0.6 is 0 Å². The number of rotatable bonds is 1. The zero-order valence-electron chi connectivity index (χ0n) is 7.87. The smallest absolute Gasteiger partial charge is 0.290 e. The average Bonchev–Trinajstić information content (AvgIpc) is 2.19. The number of aromatic amines is 1. The van der Waals surface area contributed by atoms with Gasteiger partial charge < -0.3 is 15.5 Å². The summed E-state index contributed by atoms with van der Waals surface area (Å²) in [6.07, 6.45) is 0. The molecule has 2 aromatic rings. The number of aromatic nitrogens is 2. The maximum absolute atomic E-state index is 13.1. The molecule has 0 radical (unpaired) electrons. The summed E-state index contributed by atoms with van der Waals surface area (Å²) >= 11 is 0. The first kappa shape index (κ1) is 9.45. The highest BCUT2D eigenvalue weighted by Crippen LogP contribution is 2.23. The Bertz CT molecular complexity index is 579. The minimum absolute atomic E-state index is 0.174. The summed E-state index contributed by atoms with van der Waals surface area (Å²) in [7, 11) is 1.39. The van der Waals surface area contributed by atoms with Gasteiger partial charge in [0, 0.05) is 6.07 Å². The highest BCUT2D eigenvalue weighted by Gasteiger charge is 2.08. The zero-order valence-corrected chi connectivity index (χ0v) is 7.87. The monoisotopic (exact) mass is 209 g/mol. The van der Waals surface area contributed by atoms with Gasteiger partial charge in [0.25, 0.3) is 5.56 Å². The molecule has 0 atom stereocenters. The number of nitrogens with zero attached hydrogens (tertiary/aromatic N) is 1. The summed E-state index contributed by atoms with van der Waals surface area (Å²) in [6.45, 7) is 0. The molecule has 15 heavy (non-hydrogen) atoms. The van der Waals surface area contributed by atoms with Crippen molar-refractivity contribution in [2.75, 3.05) is 12.8 Å². The van der Waals surface area contributed by atoms with Gasteiger partial charge in [0.2, 0.25) is 0 Å². The Morgan fingerprint density at radius 2 is 2.27 bits per heavy atom. The van der Waals surface area contributed by atoms with Crippen LogP contribution in [0.2, 0.25) is 0 Å².